The molecule has 0 amide bonds. The molecule has 0 bridgehead atoms. The number of para-hydroxylation sites is 2. The lowest BCUT2D eigenvalue weighted by Gasteiger charge is -2.09. The standard InChI is InChI=1S/C45H32N4O/c1-3-12-36(29-46-2)30-21-23-31(24-22-30)37-17-10-19-39-40-20-11-18-38(42(40)50-41(37)39)32-25-27-35(28-26-32)45-48-43(33-13-6-4-7-14-33)47-44(49-45)34-15-8-5-9-16-34/h3-29H,2H2,1H3/b12-3-,36-29+. The van der Waals surface area contributed by atoms with Crippen molar-refractivity contribution >= 4 is 34.2 Å². The number of aromatic nitrogens is 3. The maximum absolute atomic E-state index is 6.74. The van der Waals surface area contributed by atoms with Crippen LogP contribution in [0.1, 0.15) is 12.5 Å². The van der Waals surface area contributed by atoms with E-state index in [1.54, 1.807) is 6.20 Å². The summed E-state index contributed by atoms with van der Waals surface area (Å²) in [7, 11) is 0. The van der Waals surface area contributed by atoms with E-state index in [0.29, 0.717) is 17.5 Å². The van der Waals surface area contributed by atoms with Gasteiger partial charge < -0.3 is 4.42 Å². The van der Waals surface area contributed by atoms with E-state index in [4.69, 9.17) is 19.4 Å². The van der Waals surface area contributed by atoms with E-state index >= 15 is 0 Å². The number of fused-ring (bicyclic) bond motifs is 3. The number of rotatable bonds is 8. The average molecular weight is 645 g/mol. The fraction of sp³-hybridized carbons (Fsp3) is 0.0222. The first-order valence-electron chi connectivity index (χ1n) is 16.5. The van der Waals surface area contributed by atoms with Crippen LogP contribution < -0.4 is 0 Å². The topological polar surface area (TPSA) is 64.2 Å². The van der Waals surface area contributed by atoms with Gasteiger partial charge in [0.2, 0.25) is 0 Å². The zero-order valence-corrected chi connectivity index (χ0v) is 27.5. The molecule has 0 aliphatic rings. The number of hydrogen-bond acceptors (Lipinski definition) is 5. The van der Waals surface area contributed by atoms with E-state index in [2.05, 4.69) is 96.6 Å². The molecule has 5 nitrogen and oxygen atoms in total. The normalized spacial score (nSPS) is 11.8. The first-order chi connectivity index (χ1) is 24.7. The summed E-state index contributed by atoms with van der Waals surface area (Å²) in [5, 5.41) is 2.16. The molecule has 6 aromatic carbocycles. The largest absolute Gasteiger partial charge is 0.455 e. The van der Waals surface area contributed by atoms with E-state index in [9.17, 15) is 0 Å². The molecule has 2 heterocycles. The van der Waals surface area contributed by atoms with Crippen LogP contribution in [-0.4, -0.2) is 21.7 Å². The Hall–Kier alpha value is -6.72. The maximum Gasteiger partial charge on any atom is 0.164 e. The molecule has 0 fully saturated rings. The van der Waals surface area contributed by atoms with Gasteiger partial charge in [-0.3, -0.25) is 4.99 Å². The third-order valence-corrected chi connectivity index (χ3v) is 8.78. The van der Waals surface area contributed by atoms with Crippen LogP contribution in [0.4, 0.5) is 0 Å². The molecule has 8 rings (SSSR count). The van der Waals surface area contributed by atoms with Crippen LogP contribution in [0.25, 0.3) is 83.9 Å². The third kappa shape index (κ3) is 5.82. The predicted molar refractivity (Wildman–Crippen MR) is 207 cm³/mol. The van der Waals surface area contributed by atoms with Crippen molar-refractivity contribution in [3.8, 4) is 56.4 Å². The first-order valence-corrected chi connectivity index (χ1v) is 16.5. The SMILES string of the molecule is C=N/C=C(\C=C/C)c1ccc(-c2cccc3c2oc2c(-c4ccc(-c5nc(-c6ccccc6)nc(-c6ccccc6)n5)cc4)cccc23)cc1. The minimum Gasteiger partial charge on any atom is -0.455 e. The number of aliphatic imine (C=N–C) groups is 1. The Kier molecular flexibility index (Phi) is 8.21. The number of benzene rings is 6. The summed E-state index contributed by atoms with van der Waals surface area (Å²) in [6.07, 6.45) is 5.81. The highest BCUT2D eigenvalue weighted by Crippen LogP contribution is 2.40. The van der Waals surface area contributed by atoms with Crippen molar-refractivity contribution in [2.75, 3.05) is 0 Å². The van der Waals surface area contributed by atoms with E-state index < -0.39 is 0 Å². The van der Waals surface area contributed by atoms with Gasteiger partial charge in [0.05, 0.1) is 0 Å². The fourth-order valence-electron chi connectivity index (χ4n) is 6.35. The van der Waals surface area contributed by atoms with Crippen LogP contribution in [0.5, 0.6) is 0 Å². The number of allylic oxidation sites excluding steroid dienone is 3. The van der Waals surface area contributed by atoms with Crippen molar-refractivity contribution in [2.24, 2.45) is 4.99 Å². The monoisotopic (exact) mass is 644 g/mol. The molecule has 0 spiro atoms. The lowest BCUT2D eigenvalue weighted by Crippen LogP contribution is -2.00. The third-order valence-electron chi connectivity index (χ3n) is 8.78. The van der Waals surface area contributed by atoms with Gasteiger partial charge in [-0.1, -0.05) is 158 Å². The Balaban J connectivity index is 1.18. The maximum atomic E-state index is 6.74. The average Bonchev–Trinajstić information content (AvgIpc) is 3.58. The summed E-state index contributed by atoms with van der Waals surface area (Å²) < 4.78 is 6.74. The predicted octanol–water partition coefficient (Wildman–Crippen LogP) is 11.7. The van der Waals surface area contributed by atoms with Crippen molar-refractivity contribution in [2.45, 2.75) is 6.92 Å². The van der Waals surface area contributed by atoms with Gasteiger partial charge >= 0.3 is 0 Å². The minimum absolute atomic E-state index is 0.621. The van der Waals surface area contributed by atoms with Crippen LogP contribution in [-0.2, 0) is 0 Å². The lowest BCUT2D eigenvalue weighted by atomic mass is 9.98. The molecular formula is C45H32N4O. The van der Waals surface area contributed by atoms with Crippen molar-refractivity contribution < 1.29 is 4.42 Å². The molecule has 238 valence electrons. The molecule has 0 saturated heterocycles. The van der Waals surface area contributed by atoms with Gasteiger partial charge in [0.15, 0.2) is 17.5 Å². The number of furan rings is 1. The van der Waals surface area contributed by atoms with Crippen molar-refractivity contribution in [1.82, 2.24) is 15.0 Å². The molecule has 2 aromatic heterocycles. The van der Waals surface area contributed by atoms with Gasteiger partial charge in [-0.2, -0.15) is 0 Å². The molecule has 0 radical (unpaired) electrons. The molecule has 0 aliphatic carbocycles. The summed E-state index contributed by atoms with van der Waals surface area (Å²) in [5.74, 6) is 1.90. The van der Waals surface area contributed by atoms with Crippen LogP contribution in [0.3, 0.4) is 0 Å². The summed E-state index contributed by atoms with van der Waals surface area (Å²) in [6, 6.07) is 49.6. The Morgan fingerprint density at radius 3 is 1.42 bits per heavy atom. The van der Waals surface area contributed by atoms with Crippen molar-refractivity contribution in [1.29, 1.82) is 0 Å². The van der Waals surface area contributed by atoms with Gasteiger partial charge in [-0.25, -0.2) is 15.0 Å². The van der Waals surface area contributed by atoms with E-state index in [1.165, 1.54) is 0 Å². The van der Waals surface area contributed by atoms with Gasteiger partial charge in [-0.05, 0) is 35.9 Å². The highest BCUT2D eigenvalue weighted by molar-refractivity contribution is 6.13. The lowest BCUT2D eigenvalue weighted by molar-refractivity contribution is 0.671. The molecule has 0 unspecified atom stereocenters. The minimum atomic E-state index is 0.621. The molecule has 50 heavy (non-hydrogen) atoms. The summed E-state index contributed by atoms with van der Waals surface area (Å²) in [5.41, 5.74) is 10.8. The number of hydrogen-bond donors (Lipinski definition) is 0. The first kappa shape index (κ1) is 30.6. The fourth-order valence-corrected chi connectivity index (χ4v) is 6.35. The Morgan fingerprint density at radius 2 is 0.960 bits per heavy atom. The highest BCUT2D eigenvalue weighted by Gasteiger charge is 2.17. The van der Waals surface area contributed by atoms with Crippen LogP contribution in [0.15, 0.2) is 173 Å². The molecule has 8 aromatic rings. The Labute approximate surface area is 290 Å². The summed E-state index contributed by atoms with van der Waals surface area (Å²) >= 11 is 0. The summed E-state index contributed by atoms with van der Waals surface area (Å²) in [4.78, 5) is 18.6. The second-order valence-electron chi connectivity index (χ2n) is 11.9. The second-order valence-corrected chi connectivity index (χ2v) is 11.9. The molecule has 5 heteroatoms. The Morgan fingerprint density at radius 1 is 0.520 bits per heavy atom. The summed E-state index contributed by atoms with van der Waals surface area (Å²) in [6.45, 7) is 5.62. The van der Waals surface area contributed by atoms with Crippen LogP contribution in [0, 0.1) is 0 Å². The van der Waals surface area contributed by atoms with Crippen LogP contribution >= 0.6 is 0 Å². The zero-order valence-electron chi connectivity index (χ0n) is 27.5. The number of nitrogens with zero attached hydrogens (tertiary/aromatic N) is 4. The Bertz CT molecular complexity index is 2470. The molecule has 0 saturated carbocycles. The smallest absolute Gasteiger partial charge is 0.164 e. The quantitative estimate of drug-likeness (QED) is 0.122. The van der Waals surface area contributed by atoms with Gasteiger partial charge in [-0.15, -0.1) is 0 Å². The van der Waals surface area contributed by atoms with E-state index in [-0.39, 0.29) is 0 Å². The molecule has 0 atom stereocenters. The van der Waals surface area contributed by atoms with Crippen molar-refractivity contribution in [3.05, 3.63) is 170 Å². The second kappa shape index (κ2) is 13.4. The molecule has 0 N–H and O–H groups in total. The molecular weight excluding hydrogens is 613 g/mol. The molecule has 0 aliphatic heterocycles. The van der Waals surface area contributed by atoms with Crippen LogP contribution in [0.2, 0.25) is 0 Å². The highest BCUT2D eigenvalue weighted by atomic mass is 16.3. The van der Waals surface area contributed by atoms with Gasteiger partial charge in [0, 0.05) is 44.8 Å². The van der Waals surface area contributed by atoms with Gasteiger partial charge in [0.25, 0.3) is 0 Å². The van der Waals surface area contributed by atoms with E-state index in [1.807, 2.05) is 79.7 Å². The van der Waals surface area contributed by atoms with Gasteiger partial charge in [0.1, 0.15) is 11.2 Å². The van der Waals surface area contributed by atoms with E-state index in [0.717, 1.165) is 72.0 Å². The zero-order chi connectivity index (χ0) is 33.9. The van der Waals surface area contributed by atoms with Crippen molar-refractivity contribution in [3.63, 3.8) is 0 Å².